The third kappa shape index (κ3) is 3.34. The minimum atomic E-state index is 0.607. The van der Waals surface area contributed by atoms with Crippen molar-refractivity contribution in [3.63, 3.8) is 0 Å². The Labute approximate surface area is 134 Å². The van der Waals surface area contributed by atoms with Gasteiger partial charge in [-0.3, -0.25) is 0 Å². The Morgan fingerprint density at radius 3 is 2.85 bits per heavy atom. The first-order valence-electron chi connectivity index (χ1n) is 7.55. The van der Waals surface area contributed by atoms with E-state index in [1.165, 1.54) is 34.3 Å². The maximum atomic E-state index is 3.75. The first kappa shape index (κ1) is 14.7. The fourth-order valence-electron chi connectivity index (χ4n) is 2.70. The second kappa shape index (κ2) is 6.29. The van der Waals surface area contributed by atoms with Crippen molar-refractivity contribution in [1.82, 2.24) is 5.32 Å². The van der Waals surface area contributed by atoms with Crippen LogP contribution in [-0.2, 0) is 6.54 Å². The quantitative estimate of drug-likeness (QED) is 0.878. The van der Waals surface area contributed by atoms with E-state index in [1.54, 1.807) is 0 Å². The molecule has 1 aromatic carbocycles. The van der Waals surface area contributed by atoms with Gasteiger partial charge in [0.15, 0.2) is 0 Å². The number of rotatable bonds is 4. The Bertz CT molecular complexity index is 476. The molecule has 0 radical (unpaired) electrons. The lowest BCUT2D eigenvalue weighted by atomic mass is 10.1. The number of thioether (sulfide) groups is 1. The molecule has 2 atom stereocenters. The summed E-state index contributed by atoms with van der Waals surface area (Å²) in [5.74, 6) is 1.23. The van der Waals surface area contributed by atoms with Gasteiger partial charge in [-0.1, -0.05) is 28.9 Å². The highest BCUT2D eigenvalue weighted by molar-refractivity contribution is 9.10. The molecule has 1 aliphatic carbocycles. The molecular weight excluding hydrogens is 332 g/mol. The molecule has 0 amide bonds. The van der Waals surface area contributed by atoms with Crippen molar-refractivity contribution in [2.24, 2.45) is 0 Å². The first-order valence-corrected chi connectivity index (χ1v) is 9.39. The van der Waals surface area contributed by atoms with Gasteiger partial charge in [0.25, 0.3) is 0 Å². The maximum Gasteiger partial charge on any atom is 0.0380 e. The molecule has 0 spiro atoms. The van der Waals surface area contributed by atoms with Crippen molar-refractivity contribution in [3.05, 3.63) is 28.2 Å². The lowest BCUT2D eigenvalue weighted by Gasteiger charge is -2.39. The van der Waals surface area contributed by atoms with Crippen molar-refractivity contribution >= 4 is 33.4 Å². The first-order chi connectivity index (χ1) is 9.65. The van der Waals surface area contributed by atoms with Crippen LogP contribution in [-0.4, -0.2) is 29.6 Å². The van der Waals surface area contributed by atoms with Crippen molar-refractivity contribution in [2.75, 3.05) is 17.2 Å². The molecule has 0 bridgehead atoms. The van der Waals surface area contributed by atoms with Crippen molar-refractivity contribution < 1.29 is 0 Å². The number of benzene rings is 1. The molecule has 1 heterocycles. The summed E-state index contributed by atoms with van der Waals surface area (Å²) in [4.78, 5) is 2.55. The van der Waals surface area contributed by atoms with Crippen LogP contribution in [0.5, 0.6) is 0 Å². The molecule has 2 nitrogen and oxygen atoms in total. The maximum absolute atomic E-state index is 3.75. The summed E-state index contributed by atoms with van der Waals surface area (Å²) in [5.41, 5.74) is 2.72. The highest BCUT2D eigenvalue weighted by atomic mass is 79.9. The van der Waals surface area contributed by atoms with E-state index in [0.29, 0.717) is 11.3 Å². The number of halogens is 1. The zero-order valence-electron chi connectivity index (χ0n) is 12.2. The van der Waals surface area contributed by atoms with Gasteiger partial charge in [0.05, 0.1) is 0 Å². The van der Waals surface area contributed by atoms with Gasteiger partial charge in [-0.05, 0) is 37.5 Å². The minimum absolute atomic E-state index is 0.607. The Morgan fingerprint density at radius 2 is 2.15 bits per heavy atom. The molecule has 110 valence electrons. The van der Waals surface area contributed by atoms with E-state index in [1.807, 2.05) is 0 Å². The Balaban J connectivity index is 1.71. The Kier molecular flexibility index (Phi) is 4.63. The lowest BCUT2D eigenvalue weighted by molar-refractivity contribution is 0.627. The summed E-state index contributed by atoms with van der Waals surface area (Å²) in [6, 6.07) is 8.22. The molecule has 2 fully saturated rings. The van der Waals surface area contributed by atoms with Crippen LogP contribution in [0.2, 0.25) is 0 Å². The second-order valence-corrected chi connectivity index (χ2v) is 8.28. The normalized spacial score (nSPS) is 26.9. The van der Waals surface area contributed by atoms with Gasteiger partial charge in [-0.25, -0.2) is 0 Å². The zero-order valence-corrected chi connectivity index (χ0v) is 14.6. The summed E-state index contributed by atoms with van der Waals surface area (Å²) in [6.07, 6.45) is 2.69. The summed E-state index contributed by atoms with van der Waals surface area (Å²) in [6.45, 7) is 6.81. The van der Waals surface area contributed by atoms with Crippen LogP contribution in [0, 0.1) is 0 Å². The monoisotopic (exact) mass is 354 g/mol. The molecule has 1 aromatic rings. The van der Waals surface area contributed by atoms with Gasteiger partial charge in [-0.15, -0.1) is 0 Å². The van der Waals surface area contributed by atoms with Crippen LogP contribution in [0.4, 0.5) is 5.69 Å². The molecule has 2 aliphatic rings. The van der Waals surface area contributed by atoms with E-state index in [4.69, 9.17) is 0 Å². The van der Waals surface area contributed by atoms with E-state index in [9.17, 15) is 0 Å². The number of hydrogen-bond acceptors (Lipinski definition) is 3. The molecule has 20 heavy (non-hydrogen) atoms. The topological polar surface area (TPSA) is 15.3 Å². The number of nitrogens with one attached hydrogen (secondary N) is 1. The third-order valence-corrected chi connectivity index (χ3v) is 6.49. The predicted octanol–water partition coefficient (Wildman–Crippen LogP) is 4.03. The number of nitrogens with zero attached hydrogens (tertiary/aromatic N) is 1. The number of hydrogen-bond donors (Lipinski definition) is 1. The smallest absolute Gasteiger partial charge is 0.0380 e. The van der Waals surface area contributed by atoms with Gasteiger partial charge in [0, 0.05) is 46.3 Å². The van der Waals surface area contributed by atoms with Crippen LogP contribution >= 0.6 is 27.7 Å². The highest BCUT2D eigenvalue weighted by Gasteiger charge is 2.25. The average molecular weight is 355 g/mol. The van der Waals surface area contributed by atoms with Gasteiger partial charge in [-0.2, -0.15) is 11.8 Å². The molecular formula is C16H23BrN2S. The molecule has 1 N–H and O–H groups in total. The summed E-state index contributed by atoms with van der Waals surface area (Å²) in [7, 11) is 0. The van der Waals surface area contributed by atoms with Crippen LogP contribution in [0.15, 0.2) is 22.7 Å². The summed E-state index contributed by atoms with van der Waals surface area (Å²) in [5, 5.41) is 4.29. The van der Waals surface area contributed by atoms with Crippen molar-refractivity contribution in [3.8, 4) is 0 Å². The zero-order chi connectivity index (χ0) is 14.1. The van der Waals surface area contributed by atoms with E-state index in [0.717, 1.165) is 19.1 Å². The Morgan fingerprint density at radius 1 is 1.35 bits per heavy atom. The SMILES string of the molecule is CC1SCCN(c2ccc(CNC3CC3)c(Br)c2)C1C. The van der Waals surface area contributed by atoms with Gasteiger partial charge >= 0.3 is 0 Å². The van der Waals surface area contributed by atoms with Crippen molar-refractivity contribution in [1.29, 1.82) is 0 Å². The van der Waals surface area contributed by atoms with Gasteiger partial charge in [0.1, 0.15) is 0 Å². The van der Waals surface area contributed by atoms with E-state index >= 15 is 0 Å². The molecule has 1 saturated heterocycles. The van der Waals surface area contributed by atoms with Crippen LogP contribution in [0.25, 0.3) is 0 Å². The van der Waals surface area contributed by atoms with E-state index in [2.05, 4.69) is 70.0 Å². The lowest BCUT2D eigenvalue weighted by Crippen LogP contribution is -2.44. The largest absolute Gasteiger partial charge is 0.367 e. The summed E-state index contributed by atoms with van der Waals surface area (Å²) >= 11 is 5.83. The molecule has 2 unspecified atom stereocenters. The second-order valence-electron chi connectivity index (χ2n) is 5.94. The molecule has 3 rings (SSSR count). The van der Waals surface area contributed by atoms with Crippen LogP contribution in [0.3, 0.4) is 0 Å². The fourth-order valence-corrected chi connectivity index (χ4v) is 4.30. The molecule has 1 saturated carbocycles. The summed E-state index contributed by atoms with van der Waals surface area (Å²) < 4.78 is 1.24. The fraction of sp³-hybridized carbons (Fsp3) is 0.625. The average Bonchev–Trinajstić information content (AvgIpc) is 3.25. The minimum Gasteiger partial charge on any atom is -0.367 e. The molecule has 0 aromatic heterocycles. The Hall–Kier alpha value is -0.190. The molecule has 4 heteroatoms. The van der Waals surface area contributed by atoms with Crippen LogP contribution < -0.4 is 10.2 Å². The van der Waals surface area contributed by atoms with E-state index < -0.39 is 0 Å². The highest BCUT2D eigenvalue weighted by Crippen LogP contribution is 2.32. The van der Waals surface area contributed by atoms with Gasteiger partial charge < -0.3 is 10.2 Å². The number of anilines is 1. The van der Waals surface area contributed by atoms with Gasteiger partial charge in [0.2, 0.25) is 0 Å². The standard InChI is InChI=1S/C16H23BrN2S/c1-11-12(2)20-8-7-19(11)15-6-3-13(16(17)9-15)10-18-14-4-5-14/h3,6,9,11-12,14,18H,4-5,7-8,10H2,1-2H3. The van der Waals surface area contributed by atoms with Crippen molar-refractivity contribution in [2.45, 2.75) is 50.6 Å². The molecule has 1 aliphatic heterocycles. The third-order valence-electron chi connectivity index (χ3n) is 4.41. The van der Waals surface area contributed by atoms with E-state index in [-0.39, 0.29) is 0 Å². The predicted molar refractivity (Wildman–Crippen MR) is 92.7 cm³/mol. The van der Waals surface area contributed by atoms with Crippen LogP contribution in [0.1, 0.15) is 32.3 Å².